The monoisotopic (exact) mass is 235 g/mol. The van der Waals surface area contributed by atoms with E-state index in [1.807, 2.05) is 24.0 Å². The third-order valence-electron chi connectivity index (χ3n) is 3.76. The molecule has 0 spiro atoms. The third-order valence-corrected chi connectivity index (χ3v) is 5.23. The van der Waals surface area contributed by atoms with Gasteiger partial charge in [0.2, 0.25) is 0 Å². The van der Waals surface area contributed by atoms with E-state index in [4.69, 9.17) is 0 Å². The standard InChI is InChI=1S/C13H17NOS/c15-13(11-4-2-8-16-11)10-6-5-9-3-1-7-14-12(9)10/h1,3,7,10-11,13,15H,2,4-6,8H2. The molecule has 2 nitrogen and oxygen atoms in total. The fourth-order valence-corrected chi connectivity index (χ4v) is 4.26. The molecule has 0 amide bonds. The van der Waals surface area contributed by atoms with Crippen molar-refractivity contribution in [2.24, 2.45) is 0 Å². The molecule has 1 fully saturated rings. The van der Waals surface area contributed by atoms with Crippen LogP contribution in [0, 0.1) is 0 Å². The van der Waals surface area contributed by atoms with Gasteiger partial charge in [0.05, 0.1) is 6.10 Å². The van der Waals surface area contributed by atoms with E-state index in [-0.39, 0.29) is 12.0 Å². The molecular weight excluding hydrogens is 218 g/mol. The van der Waals surface area contributed by atoms with Gasteiger partial charge in [-0.05, 0) is 43.1 Å². The minimum absolute atomic E-state index is 0.191. The zero-order chi connectivity index (χ0) is 11.0. The second-order valence-corrected chi connectivity index (χ2v) is 6.08. The van der Waals surface area contributed by atoms with E-state index in [2.05, 4.69) is 11.1 Å². The van der Waals surface area contributed by atoms with E-state index in [9.17, 15) is 5.11 Å². The molecule has 3 heteroatoms. The summed E-state index contributed by atoms with van der Waals surface area (Å²) in [6, 6.07) is 4.15. The number of nitrogens with zero attached hydrogens (tertiary/aromatic N) is 1. The van der Waals surface area contributed by atoms with Gasteiger partial charge in [-0.25, -0.2) is 0 Å². The van der Waals surface area contributed by atoms with Gasteiger partial charge in [0, 0.05) is 23.1 Å². The Morgan fingerprint density at radius 2 is 2.38 bits per heavy atom. The Labute approximate surface area is 100 Å². The van der Waals surface area contributed by atoms with E-state index < -0.39 is 0 Å². The fraction of sp³-hybridized carbons (Fsp3) is 0.615. The summed E-state index contributed by atoms with van der Waals surface area (Å²) in [6.45, 7) is 0. The molecule has 3 atom stereocenters. The number of pyridine rings is 1. The number of aryl methyl sites for hydroxylation is 1. The number of hydrogen-bond donors (Lipinski definition) is 1. The predicted molar refractivity (Wildman–Crippen MR) is 66.8 cm³/mol. The lowest BCUT2D eigenvalue weighted by Gasteiger charge is -2.23. The number of fused-ring (bicyclic) bond motifs is 1. The van der Waals surface area contributed by atoms with Crippen LogP contribution in [-0.2, 0) is 6.42 Å². The van der Waals surface area contributed by atoms with Gasteiger partial charge in [0.25, 0.3) is 0 Å². The zero-order valence-electron chi connectivity index (χ0n) is 9.30. The predicted octanol–water partition coefficient (Wildman–Crippen LogP) is 2.37. The van der Waals surface area contributed by atoms with Crippen molar-refractivity contribution in [1.29, 1.82) is 0 Å². The first-order chi connectivity index (χ1) is 7.86. The van der Waals surface area contributed by atoms with Crippen molar-refractivity contribution in [1.82, 2.24) is 4.98 Å². The first-order valence-corrected chi connectivity index (χ1v) is 7.14. The van der Waals surface area contributed by atoms with E-state index in [1.165, 1.54) is 24.2 Å². The minimum atomic E-state index is -0.191. The van der Waals surface area contributed by atoms with E-state index in [0.29, 0.717) is 5.25 Å². The summed E-state index contributed by atoms with van der Waals surface area (Å²) >= 11 is 1.93. The molecule has 0 aromatic carbocycles. The SMILES string of the molecule is OC(C1CCCS1)C1CCc2cccnc21. The molecule has 2 aliphatic rings. The maximum absolute atomic E-state index is 10.4. The minimum Gasteiger partial charge on any atom is -0.391 e. The van der Waals surface area contributed by atoms with Crippen LogP contribution in [0.25, 0.3) is 0 Å². The maximum Gasteiger partial charge on any atom is 0.0742 e. The zero-order valence-corrected chi connectivity index (χ0v) is 10.1. The quantitative estimate of drug-likeness (QED) is 0.854. The molecule has 1 N–H and O–H groups in total. The van der Waals surface area contributed by atoms with E-state index >= 15 is 0 Å². The lowest BCUT2D eigenvalue weighted by molar-refractivity contribution is 0.137. The molecule has 0 bridgehead atoms. The number of aliphatic hydroxyl groups excluding tert-OH is 1. The second kappa shape index (κ2) is 4.38. The van der Waals surface area contributed by atoms with Gasteiger partial charge in [0.15, 0.2) is 0 Å². The average Bonchev–Trinajstić information content (AvgIpc) is 2.98. The molecule has 16 heavy (non-hydrogen) atoms. The molecule has 1 aliphatic carbocycles. The number of thioether (sulfide) groups is 1. The molecule has 0 radical (unpaired) electrons. The van der Waals surface area contributed by atoms with Crippen LogP contribution in [0.3, 0.4) is 0 Å². The Balaban J connectivity index is 1.81. The van der Waals surface area contributed by atoms with Gasteiger partial charge in [0.1, 0.15) is 0 Å². The van der Waals surface area contributed by atoms with Crippen LogP contribution in [0.2, 0.25) is 0 Å². The molecule has 1 saturated heterocycles. The van der Waals surface area contributed by atoms with Crippen molar-refractivity contribution in [3.05, 3.63) is 29.6 Å². The van der Waals surface area contributed by atoms with Crippen molar-refractivity contribution in [3.63, 3.8) is 0 Å². The molecule has 3 unspecified atom stereocenters. The maximum atomic E-state index is 10.4. The largest absolute Gasteiger partial charge is 0.391 e. The highest BCUT2D eigenvalue weighted by molar-refractivity contribution is 8.00. The van der Waals surface area contributed by atoms with Crippen molar-refractivity contribution in [3.8, 4) is 0 Å². The topological polar surface area (TPSA) is 33.1 Å². The summed E-state index contributed by atoms with van der Waals surface area (Å²) in [5.74, 6) is 1.50. The van der Waals surface area contributed by atoms with Gasteiger partial charge >= 0.3 is 0 Å². The summed E-state index contributed by atoms with van der Waals surface area (Å²) in [4.78, 5) is 4.46. The van der Waals surface area contributed by atoms with Crippen LogP contribution in [0.1, 0.15) is 36.4 Å². The van der Waals surface area contributed by atoms with Crippen LogP contribution in [-0.4, -0.2) is 27.2 Å². The average molecular weight is 235 g/mol. The molecule has 2 heterocycles. The van der Waals surface area contributed by atoms with E-state index in [1.54, 1.807) is 0 Å². The molecule has 3 rings (SSSR count). The van der Waals surface area contributed by atoms with Crippen LogP contribution < -0.4 is 0 Å². The fourth-order valence-electron chi connectivity index (χ4n) is 2.91. The Hall–Kier alpha value is -0.540. The van der Waals surface area contributed by atoms with Crippen molar-refractivity contribution >= 4 is 11.8 Å². The normalized spacial score (nSPS) is 30.3. The van der Waals surface area contributed by atoms with Gasteiger partial charge in [-0.3, -0.25) is 4.98 Å². The molecule has 1 aromatic heterocycles. The molecule has 1 aromatic rings. The Morgan fingerprint density at radius 1 is 1.44 bits per heavy atom. The first-order valence-electron chi connectivity index (χ1n) is 6.10. The summed E-state index contributed by atoms with van der Waals surface area (Å²) in [5.41, 5.74) is 2.50. The first kappa shape index (κ1) is 10.6. The summed E-state index contributed by atoms with van der Waals surface area (Å²) < 4.78 is 0. The van der Waals surface area contributed by atoms with Crippen LogP contribution >= 0.6 is 11.8 Å². The highest BCUT2D eigenvalue weighted by Crippen LogP contribution is 2.40. The van der Waals surface area contributed by atoms with Crippen molar-refractivity contribution < 1.29 is 5.11 Å². The summed E-state index contributed by atoms with van der Waals surface area (Å²) in [6.07, 6.45) is 6.25. The Morgan fingerprint density at radius 3 is 3.19 bits per heavy atom. The van der Waals surface area contributed by atoms with Gasteiger partial charge in [-0.2, -0.15) is 11.8 Å². The Kier molecular flexibility index (Phi) is 2.90. The van der Waals surface area contributed by atoms with Crippen LogP contribution in [0.4, 0.5) is 0 Å². The highest BCUT2D eigenvalue weighted by Gasteiger charge is 2.35. The number of rotatable bonds is 2. The van der Waals surface area contributed by atoms with E-state index in [0.717, 1.165) is 18.5 Å². The lowest BCUT2D eigenvalue weighted by atomic mass is 9.95. The molecular formula is C13H17NOS. The van der Waals surface area contributed by atoms with Gasteiger partial charge < -0.3 is 5.11 Å². The lowest BCUT2D eigenvalue weighted by Crippen LogP contribution is -2.27. The van der Waals surface area contributed by atoms with Crippen molar-refractivity contribution in [2.45, 2.75) is 43.0 Å². The van der Waals surface area contributed by atoms with Crippen LogP contribution in [0.15, 0.2) is 18.3 Å². The van der Waals surface area contributed by atoms with Crippen molar-refractivity contribution in [2.75, 3.05) is 5.75 Å². The summed E-state index contributed by atoms with van der Waals surface area (Å²) in [7, 11) is 0. The molecule has 0 saturated carbocycles. The number of hydrogen-bond acceptors (Lipinski definition) is 3. The molecule has 1 aliphatic heterocycles. The number of aromatic nitrogens is 1. The Bertz CT molecular complexity index is 376. The van der Waals surface area contributed by atoms with Crippen LogP contribution in [0.5, 0.6) is 0 Å². The second-order valence-electron chi connectivity index (χ2n) is 4.73. The third kappa shape index (κ3) is 1.76. The highest BCUT2D eigenvalue weighted by atomic mass is 32.2. The number of aliphatic hydroxyl groups is 1. The van der Waals surface area contributed by atoms with Gasteiger partial charge in [-0.15, -0.1) is 0 Å². The smallest absolute Gasteiger partial charge is 0.0742 e. The molecule has 86 valence electrons. The van der Waals surface area contributed by atoms with Gasteiger partial charge in [-0.1, -0.05) is 6.07 Å². The summed E-state index contributed by atoms with van der Waals surface area (Å²) in [5, 5.41) is 10.9.